The van der Waals surface area contributed by atoms with E-state index in [-0.39, 0.29) is 6.04 Å². The Morgan fingerprint density at radius 1 is 1.29 bits per heavy atom. The number of aryl methyl sites for hydroxylation is 1. The number of hydrogen-bond donors (Lipinski definition) is 2. The van der Waals surface area contributed by atoms with E-state index in [1.807, 2.05) is 0 Å². The topological polar surface area (TPSA) is 32.3 Å². The number of nitrogens with one attached hydrogen (secondary N) is 1. The summed E-state index contributed by atoms with van der Waals surface area (Å²) >= 11 is 0. The quantitative estimate of drug-likeness (QED) is 0.792. The van der Waals surface area contributed by atoms with Gasteiger partial charge in [0.1, 0.15) is 0 Å². The lowest BCUT2D eigenvalue weighted by Gasteiger charge is -2.20. The minimum absolute atomic E-state index is 0.138. The first-order valence-corrected chi connectivity index (χ1v) is 6.73. The van der Waals surface area contributed by atoms with Gasteiger partial charge in [0.05, 0.1) is 6.10 Å². The molecule has 2 atom stereocenters. The van der Waals surface area contributed by atoms with Crippen LogP contribution in [0.1, 0.15) is 50.3 Å². The molecule has 0 saturated heterocycles. The number of hydrogen-bond acceptors (Lipinski definition) is 2. The summed E-state index contributed by atoms with van der Waals surface area (Å²) in [6, 6.07) is 9.15. The molecule has 1 aromatic carbocycles. The van der Waals surface area contributed by atoms with Gasteiger partial charge < -0.3 is 10.4 Å². The molecule has 17 heavy (non-hydrogen) atoms. The highest BCUT2D eigenvalue weighted by molar-refractivity contribution is 5.25. The van der Waals surface area contributed by atoms with Crippen LogP contribution in [-0.2, 0) is 6.42 Å². The van der Waals surface area contributed by atoms with Crippen LogP contribution < -0.4 is 5.32 Å². The van der Waals surface area contributed by atoms with Crippen molar-refractivity contribution < 1.29 is 5.11 Å². The zero-order valence-electron chi connectivity index (χ0n) is 10.8. The van der Waals surface area contributed by atoms with Crippen LogP contribution in [0.3, 0.4) is 0 Å². The molecule has 1 aliphatic rings. The van der Waals surface area contributed by atoms with E-state index in [2.05, 4.69) is 43.4 Å². The van der Waals surface area contributed by atoms with E-state index in [1.165, 1.54) is 24.8 Å². The Morgan fingerprint density at radius 3 is 2.47 bits per heavy atom. The molecule has 1 aliphatic carbocycles. The molecule has 1 fully saturated rings. The molecule has 0 aliphatic heterocycles. The maximum Gasteiger partial charge on any atom is 0.0940 e. The fourth-order valence-electron chi connectivity index (χ4n) is 2.17. The lowest BCUT2D eigenvalue weighted by molar-refractivity contribution is 0.135. The van der Waals surface area contributed by atoms with E-state index in [1.54, 1.807) is 0 Å². The van der Waals surface area contributed by atoms with Gasteiger partial charge in [0, 0.05) is 12.1 Å². The van der Waals surface area contributed by atoms with Crippen LogP contribution >= 0.6 is 0 Å². The largest absolute Gasteiger partial charge is 0.387 e. The van der Waals surface area contributed by atoms with Crippen molar-refractivity contribution in [2.24, 2.45) is 0 Å². The SMILES string of the molecule is CCCc1ccc(C(O)C(C)NC2CC2)cc1. The third-order valence-electron chi connectivity index (χ3n) is 3.41. The highest BCUT2D eigenvalue weighted by Gasteiger charge is 2.26. The first kappa shape index (κ1) is 12.6. The predicted octanol–water partition coefficient (Wildman–Crippen LogP) is 2.81. The minimum Gasteiger partial charge on any atom is -0.387 e. The molecule has 2 N–H and O–H groups in total. The summed E-state index contributed by atoms with van der Waals surface area (Å²) in [5, 5.41) is 13.7. The average Bonchev–Trinajstić information content (AvgIpc) is 3.13. The summed E-state index contributed by atoms with van der Waals surface area (Å²) < 4.78 is 0. The van der Waals surface area contributed by atoms with Crippen molar-refractivity contribution in [3.63, 3.8) is 0 Å². The molecule has 0 heterocycles. The molecule has 1 aromatic rings. The summed E-state index contributed by atoms with van der Waals surface area (Å²) in [5.41, 5.74) is 2.37. The zero-order valence-corrected chi connectivity index (χ0v) is 10.8. The average molecular weight is 233 g/mol. The Kier molecular flexibility index (Phi) is 4.19. The number of aliphatic hydroxyl groups is 1. The number of benzene rings is 1. The first-order valence-electron chi connectivity index (χ1n) is 6.73. The van der Waals surface area contributed by atoms with Gasteiger partial charge in [0.25, 0.3) is 0 Å². The van der Waals surface area contributed by atoms with Gasteiger partial charge in [-0.15, -0.1) is 0 Å². The fourth-order valence-corrected chi connectivity index (χ4v) is 2.17. The van der Waals surface area contributed by atoms with Gasteiger partial charge in [0.15, 0.2) is 0 Å². The van der Waals surface area contributed by atoms with Crippen LogP contribution in [-0.4, -0.2) is 17.2 Å². The monoisotopic (exact) mass is 233 g/mol. The standard InChI is InChI=1S/C15H23NO/c1-3-4-12-5-7-13(8-6-12)15(17)11(2)16-14-9-10-14/h5-8,11,14-17H,3-4,9-10H2,1-2H3. The van der Waals surface area contributed by atoms with Gasteiger partial charge in [-0.05, 0) is 37.3 Å². The van der Waals surface area contributed by atoms with E-state index in [0.717, 1.165) is 12.0 Å². The van der Waals surface area contributed by atoms with Crippen LogP contribution in [0.2, 0.25) is 0 Å². The first-order chi connectivity index (χ1) is 8.20. The van der Waals surface area contributed by atoms with Crippen LogP contribution in [0.4, 0.5) is 0 Å². The molecular formula is C15H23NO. The number of rotatable bonds is 6. The summed E-state index contributed by atoms with van der Waals surface area (Å²) in [5.74, 6) is 0. The maximum atomic E-state index is 10.2. The Bertz CT molecular complexity index is 342. The van der Waals surface area contributed by atoms with Crippen molar-refractivity contribution in [1.82, 2.24) is 5.32 Å². The fraction of sp³-hybridized carbons (Fsp3) is 0.600. The Hall–Kier alpha value is -0.860. The minimum atomic E-state index is -0.397. The van der Waals surface area contributed by atoms with Crippen molar-refractivity contribution in [3.8, 4) is 0 Å². The third kappa shape index (κ3) is 3.55. The van der Waals surface area contributed by atoms with Crippen LogP contribution in [0.15, 0.2) is 24.3 Å². The second-order valence-electron chi connectivity index (χ2n) is 5.17. The molecule has 0 spiro atoms. The molecule has 0 radical (unpaired) electrons. The van der Waals surface area contributed by atoms with E-state index in [9.17, 15) is 5.11 Å². The lowest BCUT2D eigenvalue weighted by Crippen LogP contribution is -2.33. The summed E-state index contributed by atoms with van der Waals surface area (Å²) in [6.45, 7) is 4.24. The highest BCUT2D eigenvalue weighted by Crippen LogP contribution is 2.24. The smallest absolute Gasteiger partial charge is 0.0940 e. The molecule has 94 valence electrons. The van der Waals surface area contributed by atoms with Crippen molar-refractivity contribution in [2.45, 2.75) is 57.7 Å². The lowest BCUT2D eigenvalue weighted by atomic mass is 10.0. The molecule has 2 unspecified atom stereocenters. The molecule has 0 aromatic heterocycles. The van der Waals surface area contributed by atoms with E-state index in [0.29, 0.717) is 6.04 Å². The van der Waals surface area contributed by atoms with Gasteiger partial charge >= 0.3 is 0 Å². The maximum absolute atomic E-state index is 10.2. The van der Waals surface area contributed by atoms with Crippen molar-refractivity contribution in [2.75, 3.05) is 0 Å². The summed E-state index contributed by atoms with van der Waals surface area (Å²) in [6.07, 6.45) is 4.40. The molecular weight excluding hydrogens is 210 g/mol. The van der Waals surface area contributed by atoms with E-state index < -0.39 is 6.10 Å². The summed E-state index contributed by atoms with van der Waals surface area (Å²) in [4.78, 5) is 0. The van der Waals surface area contributed by atoms with Crippen LogP contribution in [0.25, 0.3) is 0 Å². The van der Waals surface area contributed by atoms with E-state index in [4.69, 9.17) is 0 Å². The third-order valence-corrected chi connectivity index (χ3v) is 3.41. The molecule has 2 nitrogen and oxygen atoms in total. The van der Waals surface area contributed by atoms with Gasteiger partial charge in [-0.3, -0.25) is 0 Å². The molecule has 2 rings (SSSR count). The van der Waals surface area contributed by atoms with E-state index >= 15 is 0 Å². The molecule has 2 heteroatoms. The van der Waals surface area contributed by atoms with Crippen LogP contribution in [0, 0.1) is 0 Å². The predicted molar refractivity (Wildman–Crippen MR) is 71.0 cm³/mol. The van der Waals surface area contributed by atoms with Gasteiger partial charge in [0.2, 0.25) is 0 Å². The van der Waals surface area contributed by atoms with Crippen molar-refractivity contribution in [1.29, 1.82) is 0 Å². The number of aliphatic hydroxyl groups excluding tert-OH is 1. The second kappa shape index (κ2) is 5.65. The van der Waals surface area contributed by atoms with Gasteiger partial charge in [-0.1, -0.05) is 37.6 Å². The Morgan fingerprint density at radius 2 is 1.94 bits per heavy atom. The van der Waals surface area contributed by atoms with Gasteiger partial charge in [-0.25, -0.2) is 0 Å². The van der Waals surface area contributed by atoms with Crippen molar-refractivity contribution >= 4 is 0 Å². The van der Waals surface area contributed by atoms with Crippen LogP contribution in [0.5, 0.6) is 0 Å². The summed E-state index contributed by atoms with van der Waals surface area (Å²) in [7, 11) is 0. The molecule has 1 saturated carbocycles. The second-order valence-corrected chi connectivity index (χ2v) is 5.17. The molecule has 0 bridgehead atoms. The highest BCUT2D eigenvalue weighted by atomic mass is 16.3. The Balaban J connectivity index is 1.94. The Labute approximate surface area is 104 Å². The zero-order chi connectivity index (χ0) is 12.3. The van der Waals surface area contributed by atoms with Crippen molar-refractivity contribution in [3.05, 3.63) is 35.4 Å². The normalized spacial score (nSPS) is 19.0. The molecule has 0 amide bonds. The van der Waals surface area contributed by atoms with Gasteiger partial charge in [-0.2, -0.15) is 0 Å².